The maximum absolute atomic E-state index is 5.06. The summed E-state index contributed by atoms with van der Waals surface area (Å²) >= 11 is 0. The Kier molecular flexibility index (Phi) is 7.18. The molecule has 11 rings (SSSR count). The van der Waals surface area contributed by atoms with E-state index in [0.717, 1.165) is 29.0 Å². The molecule has 11 aromatic rings. The molecule has 0 saturated heterocycles. The molecule has 0 N–H and O–H groups in total. The van der Waals surface area contributed by atoms with Crippen LogP contribution in [0.25, 0.3) is 104 Å². The first-order chi connectivity index (χ1) is 27.3. The highest BCUT2D eigenvalue weighted by Gasteiger charge is 2.22. The van der Waals surface area contributed by atoms with Crippen molar-refractivity contribution in [1.82, 2.24) is 9.55 Å². The Labute approximate surface area is 319 Å². The van der Waals surface area contributed by atoms with Crippen LogP contribution < -0.4 is 0 Å². The molecule has 0 aliphatic carbocycles. The molecule has 0 saturated carbocycles. The average molecular weight is 701 g/mol. The number of imidazole rings is 1. The lowest BCUT2D eigenvalue weighted by Crippen LogP contribution is -2.01. The zero-order valence-electron chi connectivity index (χ0n) is 30.5. The number of rotatable bonds is 5. The number of nitrogens with zero attached hydrogens (tertiary/aromatic N) is 2. The molecular formula is C53H36N2. The summed E-state index contributed by atoms with van der Waals surface area (Å²) in [6.07, 6.45) is 0.840. The molecule has 0 bridgehead atoms. The van der Waals surface area contributed by atoms with Crippen LogP contribution in [0.3, 0.4) is 0 Å². The van der Waals surface area contributed by atoms with E-state index in [2.05, 4.69) is 200 Å². The first-order valence-corrected chi connectivity index (χ1v) is 19.2. The zero-order chi connectivity index (χ0) is 36.5. The lowest BCUT2D eigenvalue weighted by atomic mass is 9.82. The zero-order valence-corrected chi connectivity index (χ0v) is 30.5. The van der Waals surface area contributed by atoms with Gasteiger partial charge in [0.15, 0.2) is 0 Å². The number of aryl methyl sites for hydroxylation is 1. The molecule has 0 spiro atoms. The van der Waals surface area contributed by atoms with Gasteiger partial charge in [0.05, 0.1) is 16.7 Å². The molecule has 0 fully saturated rings. The summed E-state index contributed by atoms with van der Waals surface area (Å²) in [7, 11) is 0. The molecule has 2 nitrogen and oxygen atoms in total. The van der Waals surface area contributed by atoms with Gasteiger partial charge in [-0.25, -0.2) is 4.98 Å². The van der Waals surface area contributed by atoms with Crippen molar-refractivity contribution >= 4 is 64.9 Å². The van der Waals surface area contributed by atoms with Crippen molar-refractivity contribution in [3.8, 4) is 39.1 Å². The van der Waals surface area contributed by atoms with Crippen LogP contribution in [0.15, 0.2) is 188 Å². The first-order valence-electron chi connectivity index (χ1n) is 19.2. The van der Waals surface area contributed by atoms with Crippen molar-refractivity contribution in [2.75, 3.05) is 0 Å². The molecule has 0 radical (unpaired) electrons. The van der Waals surface area contributed by atoms with Gasteiger partial charge in [0.25, 0.3) is 0 Å². The van der Waals surface area contributed by atoms with Crippen molar-refractivity contribution in [3.63, 3.8) is 0 Å². The molecule has 1 heterocycles. The number of fused-ring (bicyclic) bond motifs is 7. The van der Waals surface area contributed by atoms with Gasteiger partial charge in [-0.3, -0.25) is 4.57 Å². The summed E-state index contributed by atoms with van der Waals surface area (Å²) < 4.78 is 2.36. The summed E-state index contributed by atoms with van der Waals surface area (Å²) in [4.78, 5) is 5.06. The Morgan fingerprint density at radius 1 is 0.400 bits per heavy atom. The highest BCUT2D eigenvalue weighted by molar-refractivity contribution is 6.27. The van der Waals surface area contributed by atoms with Gasteiger partial charge in [-0.15, -0.1) is 0 Å². The van der Waals surface area contributed by atoms with Crippen LogP contribution in [0.1, 0.15) is 12.7 Å². The fraction of sp³-hybridized carbons (Fsp3) is 0.0377. The van der Waals surface area contributed by atoms with Crippen molar-refractivity contribution in [2.24, 2.45) is 0 Å². The minimum atomic E-state index is 0.840. The molecule has 0 atom stereocenters. The quantitative estimate of drug-likeness (QED) is 0.129. The molecule has 1 aromatic heterocycles. The summed E-state index contributed by atoms with van der Waals surface area (Å²) in [5.74, 6) is 1.06. The Balaban J connectivity index is 1.28. The molecule has 0 amide bonds. The summed E-state index contributed by atoms with van der Waals surface area (Å²) in [5.41, 5.74) is 10.7. The van der Waals surface area contributed by atoms with Gasteiger partial charge in [-0.05, 0) is 112 Å². The third-order valence-corrected chi connectivity index (χ3v) is 11.5. The first kappa shape index (κ1) is 31.5. The minimum absolute atomic E-state index is 0.840. The topological polar surface area (TPSA) is 17.8 Å². The lowest BCUT2D eigenvalue weighted by molar-refractivity contribution is 0.913. The van der Waals surface area contributed by atoms with Gasteiger partial charge < -0.3 is 0 Å². The molecule has 258 valence electrons. The third-order valence-electron chi connectivity index (χ3n) is 11.5. The summed E-state index contributed by atoms with van der Waals surface area (Å²) in [5, 5.41) is 12.5. The van der Waals surface area contributed by atoms with Crippen LogP contribution in [0.2, 0.25) is 0 Å². The maximum atomic E-state index is 5.06. The van der Waals surface area contributed by atoms with E-state index in [4.69, 9.17) is 4.98 Å². The molecule has 10 aromatic carbocycles. The van der Waals surface area contributed by atoms with E-state index in [1.165, 1.54) is 87.2 Å². The lowest BCUT2D eigenvalue weighted by Gasteiger charge is -2.22. The monoisotopic (exact) mass is 700 g/mol. The SMILES string of the molecule is CCc1nc2ccccc2n1-c1ccc(-c2c3ccccc3c(-c3cc4ccccc4c4ccccc34)c3ccc(-c4ccccc4)cc23)c2ccccc12. The molecule has 0 aliphatic rings. The Morgan fingerprint density at radius 3 is 1.75 bits per heavy atom. The van der Waals surface area contributed by atoms with Gasteiger partial charge in [-0.2, -0.15) is 0 Å². The standard InChI is InChI=1S/C53H36N2/c1-2-51-54-48-26-14-15-27-50(48)55(51)49-31-30-44(40-22-10-11-23-41(40)49)52-42-24-12-13-25-43(42)53(45-29-28-35(32-47(45)52)34-16-4-3-5-17-34)46-33-36-18-6-7-19-37(36)38-20-8-9-21-39(38)46/h3-33H,2H2,1H3. The van der Waals surface area contributed by atoms with E-state index in [0.29, 0.717) is 0 Å². The number of hydrogen-bond acceptors (Lipinski definition) is 1. The van der Waals surface area contributed by atoms with Crippen molar-refractivity contribution in [1.29, 1.82) is 0 Å². The second-order valence-electron chi connectivity index (χ2n) is 14.5. The van der Waals surface area contributed by atoms with E-state index in [1.54, 1.807) is 0 Å². The van der Waals surface area contributed by atoms with E-state index in [9.17, 15) is 0 Å². The van der Waals surface area contributed by atoms with Crippen molar-refractivity contribution in [2.45, 2.75) is 13.3 Å². The van der Waals surface area contributed by atoms with Gasteiger partial charge in [0, 0.05) is 11.8 Å². The van der Waals surface area contributed by atoms with Gasteiger partial charge in [0.1, 0.15) is 5.82 Å². The Hall–Kier alpha value is -7.03. The smallest absolute Gasteiger partial charge is 0.114 e. The van der Waals surface area contributed by atoms with Crippen LogP contribution in [-0.2, 0) is 6.42 Å². The second-order valence-corrected chi connectivity index (χ2v) is 14.5. The predicted molar refractivity (Wildman–Crippen MR) is 234 cm³/mol. The molecule has 2 heteroatoms. The van der Waals surface area contributed by atoms with Crippen molar-refractivity contribution < 1.29 is 0 Å². The Bertz CT molecular complexity index is 3300. The number of benzene rings is 10. The summed E-state index contributed by atoms with van der Waals surface area (Å²) in [6, 6.07) is 69.1. The van der Waals surface area contributed by atoms with E-state index >= 15 is 0 Å². The van der Waals surface area contributed by atoms with Crippen LogP contribution in [0, 0.1) is 0 Å². The highest BCUT2D eigenvalue weighted by Crippen LogP contribution is 2.49. The van der Waals surface area contributed by atoms with E-state index in [1.807, 2.05) is 0 Å². The van der Waals surface area contributed by atoms with Crippen LogP contribution >= 0.6 is 0 Å². The van der Waals surface area contributed by atoms with Crippen LogP contribution in [0.5, 0.6) is 0 Å². The number of hydrogen-bond donors (Lipinski definition) is 0. The van der Waals surface area contributed by atoms with E-state index < -0.39 is 0 Å². The maximum Gasteiger partial charge on any atom is 0.114 e. The molecule has 55 heavy (non-hydrogen) atoms. The fourth-order valence-corrected chi connectivity index (χ4v) is 9.11. The average Bonchev–Trinajstić information content (AvgIpc) is 3.64. The van der Waals surface area contributed by atoms with Crippen LogP contribution in [-0.4, -0.2) is 9.55 Å². The van der Waals surface area contributed by atoms with Gasteiger partial charge in [0.2, 0.25) is 0 Å². The van der Waals surface area contributed by atoms with Crippen molar-refractivity contribution in [3.05, 3.63) is 194 Å². The Morgan fingerprint density at radius 2 is 0.982 bits per heavy atom. The van der Waals surface area contributed by atoms with Gasteiger partial charge >= 0.3 is 0 Å². The summed E-state index contributed by atoms with van der Waals surface area (Å²) in [6.45, 7) is 2.19. The second kappa shape index (κ2) is 12.5. The largest absolute Gasteiger partial charge is 0.296 e. The predicted octanol–water partition coefficient (Wildman–Crippen LogP) is 14.4. The minimum Gasteiger partial charge on any atom is -0.296 e. The third kappa shape index (κ3) is 4.85. The number of aromatic nitrogens is 2. The fourth-order valence-electron chi connectivity index (χ4n) is 9.11. The van der Waals surface area contributed by atoms with Crippen LogP contribution in [0.4, 0.5) is 0 Å². The molecule has 0 unspecified atom stereocenters. The van der Waals surface area contributed by atoms with Gasteiger partial charge in [-0.1, -0.05) is 165 Å². The molecule has 0 aliphatic heterocycles. The van der Waals surface area contributed by atoms with E-state index in [-0.39, 0.29) is 0 Å². The highest BCUT2D eigenvalue weighted by atomic mass is 15.1. The number of para-hydroxylation sites is 2. The normalized spacial score (nSPS) is 11.8. The molecular weight excluding hydrogens is 665 g/mol.